The molecular weight excluding hydrogens is 184 g/mol. The summed E-state index contributed by atoms with van der Waals surface area (Å²) in [6.45, 7) is 8.72. The maximum Gasteiger partial charge on any atom is 0.0675 e. The van der Waals surface area contributed by atoms with Crippen molar-refractivity contribution in [2.75, 3.05) is 0 Å². The third kappa shape index (κ3) is 2.75. The Bertz CT molecular complexity index is 186. The van der Waals surface area contributed by atoms with Gasteiger partial charge in [0.1, 0.15) is 0 Å². The maximum atomic E-state index is 10.7. The van der Waals surface area contributed by atoms with E-state index in [2.05, 4.69) is 27.7 Å². The van der Waals surface area contributed by atoms with E-state index in [1.807, 2.05) is 0 Å². The molecule has 90 valence electrons. The fourth-order valence-electron chi connectivity index (χ4n) is 3.24. The predicted molar refractivity (Wildman–Crippen MR) is 65.8 cm³/mol. The lowest BCUT2D eigenvalue weighted by Crippen LogP contribution is -2.45. The van der Waals surface area contributed by atoms with Crippen LogP contribution >= 0.6 is 0 Å². The minimum absolute atomic E-state index is 0.426. The molecule has 0 aromatic carbocycles. The van der Waals surface area contributed by atoms with Gasteiger partial charge in [0.25, 0.3) is 0 Å². The van der Waals surface area contributed by atoms with Gasteiger partial charge in [-0.3, -0.25) is 0 Å². The summed E-state index contributed by atoms with van der Waals surface area (Å²) in [6.07, 6.45) is 7.56. The highest BCUT2D eigenvalue weighted by molar-refractivity contribution is 4.91. The quantitative estimate of drug-likeness (QED) is 0.747. The van der Waals surface area contributed by atoms with E-state index in [1.54, 1.807) is 0 Å². The summed E-state index contributed by atoms with van der Waals surface area (Å²) in [4.78, 5) is 0. The molecule has 0 aromatic rings. The third-order valence-corrected chi connectivity index (χ3v) is 4.79. The lowest BCUT2D eigenvalue weighted by molar-refractivity contribution is -0.0831. The Morgan fingerprint density at radius 2 is 1.87 bits per heavy atom. The molecule has 1 heteroatoms. The second kappa shape index (κ2) is 5.34. The minimum atomic E-state index is -0.449. The van der Waals surface area contributed by atoms with Crippen molar-refractivity contribution >= 4 is 0 Å². The van der Waals surface area contributed by atoms with Crippen molar-refractivity contribution in [1.29, 1.82) is 0 Å². The average Bonchev–Trinajstić information content (AvgIpc) is 2.27. The molecule has 0 saturated heterocycles. The van der Waals surface area contributed by atoms with Gasteiger partial charge in [-0.25, -0.2) is 0 Å². The van der Waals surface area contributed by atoms with Gasteiger partial charge < -0.3 is 5.11 Å². The normalized spacial score (nSPS) is 33.4. The van der Waals surface area contributed by atoms with Crippen molar-refractivity contribution in [1.82, 2.24) is 0 Å². The number of hydrogen-bond acceptors (Lipinski definition) is 1. The van der Waals surface area contributed by atoms with Crippen LogP contribution in [0.25, 0.3) is 0 Å². The topological polar surface area (TPSA) is 20.2 Å². The van der Waals surface area contributed by atoms with Crippen molar-refractivity contribution in [2.45, 2.75) is 71.8 Å². The van der Waals surface area contributed by atoms with Crippen LogP contribution in [0.15, 0.2) is 0 Å². The fraction of sp³-hybridized carbons (Fsp3) is 1.00. The van der Waals surface area contributed by atoms with Crippen LogP contribution in [0, 0.1) is 17.8 Å². The lowest BCUT2D eigenvalue weighted by atomic mass is 9.65. The van der Waals surface area contributed by atoms with Crippen molar-refractivity contribution in [2.24, 2.45) is 17.8 Å². The average molecular weight is 212 g/mol. The number of aliphatic hydroxyl groups is 1. The molecule has 0 heterocycles. The van der Waals surface area contributed by atoms with Gasteiger partial charge in [-0.2, -0.15) is 0 Å². The summed E-state index contributed by atoms with van der Waals surface area (Å²) < 4.78 is 0. The van der Waals surface area contributed by atoms with E-state index in [9.17, 15) is 5.11 Å². The van der Waals surface area contributed by atoms with Crippen LogP contribution in [0.3, 0.4) is 0 Å². The van der Waals surface area contributed by atoms with Crippen molar-refractivity contribution in [3.05, 3.63) is 0 Å². The third-order valence-electron chi connectivity index (χ3n) is 4.79. The molecule has 1 saturated carbocycles. The van der Waals surface area contributed by atoms with Gasteiger partial charge >= 0.3 is 0 Å². The number of rotatable bonds is 4. The standard InChI is InChI=1S/C14H28O/c1-5-11(3)14(4,15)13-10-8-7-9-12(13)6-2/h11-13,15H,5-10H2,1-4H3/t11-,12-,13+,14-/m1/s1. The predicted octanol–water partition coefficient (Wildman–Crippen LogP) is 4.00. The van der Waals surface area contributed by atoms with E-state index in [-0.39, 0.29) is 0 Å². The van der Waals surface area contributed by atoms with E-state index in [0.29, 0.717) is 11.8 Å². The summed E-state index contributed by atoms with van der Waals surface area (Å²) in [5.74, 6) is 1.71. The van der Waals surface area contributed by atoms with E-state index in [4.69, 9.17) is 0 Å². The van der Waals surface area contributed by atoms with Crippen LogP contribution in [0.4, 0.5) is 0 Å². The zero-order chi connectivity index (χ0) is 11.5. The molecule has 1 N–H and O–H groups in total. The van der Waals surface area contributed by atoms with Crippen molar-refractivity contribution < 1.29 is 5.11 Å². The molecule has 0 unspecified atom stereocenters. The summed E-state index contributed by atoms with van der Waals surface area (Å²) in [6, 6.07) is 0. The second-order valence-corrected chi connectivity index (χ2v) is 5.59. The van der Waals surface area contributed by atoms with Gasteiger partial charge in [-0.1, -0.05) is 52.9 Å². The highest BCUT2D eigenvalue weighted by atomic mass is 16.3. The van der Waals surface area contributed by atoms with Gasteiger partial charge in [0, 0.05) is 0 Å². The zero-order valence-corrected chi connectivity index (χ0v) is 10.9. The van der Waals surface area contributed by atoms with Crippen LogP contribution in [-0.2, 0) is 0 Å². The molecule has 4 atom stereocenters. The van der Waals surface area contributed by atoms with Gasteiger partial charge in [0.2, 0.25) is 0 Å². The highest BCUT2D eigenvalue weighted by Crippen LogP contribution is 2.42. The van der Waals surface area contributed by atoms with Gasteiger partial charge in [-0.15, -0.1) is 0 Å². The molecular formula is C14H28O. The first-order valence-corrected chi connectivity index (χ1v) is 6.76. The Kier molecular flexibility index (Phi) is 4.64. The first-order chi connectivity index (χ1) is 7.04. The summed E-state index contributed by atoms with van der Waals surface area (Å²) in [5, 5.41) is 10.7. The fourth-order valence-corrected chi connectivity index (χ4v) is 3.24. The SMILES string of the molecule is CC[C@@H]1CCCC[C@@H]1[C@](C)(O)[C@H](C)CC. The Morgan fingerprint density at radius 1 is 1.27 bits per heavy atom. The molecule has 15 heavy (non-hydrogen) atoms. The molecule has 0 aliphatic heterocycles. The molecule has 1 nitrogen and oxygen atoms in total. The monoisotopic (exact) mass is 212 g/mol. The van der Waals surface area contributed by atoms with Gasteiger partial charge in [0.15, 0.2) is 0 Å². The van der Waals surface area contributed by atoms with Crippen LogP contribution in [0.5, 0.6) is 0 Å². The smallest absolute Gasteiger partial charge is 0.0675 e. The van der Waals surface area contributed by atoms with E-state index in [0.717, 1.165) is 12.3 Å². The Balaban J connectivity index is 2.73. The van der Waals surface area contributed by atoms with Crippen LogP contribution in [0.2, 0.25) is 0 Å². The summed E-state index contributed by atoms with van der Waals surface area (Å²) >= 11 is 0. The van der Waals surface area contributed by atoms with Crippen LogP contribution in [0.1, 0.15) is 66.2 Å². The molecule has 1 rings (SSSR count). The second-order valence-electron chi connectivity index (χ2n) is 5.59. The van der Waals surface area contributed by atoms with Crippen LogP contribution in [-0.4, -0.2) is 10.7 Å². The molecule has 1 aliphatic carbocycles. The maximum absolute atomic E-state index is 10.7. The molecule has 0 radical (unpaired) electrons. The zero-order valence-electron chi connectivity index (χ0n) is 10.9. The molecule has 1 aliphatic rings. The first kappa shape index (κ1) is 13.0. The van der Waals surface area contributed by atoms with Crippen molar-refractivity contribution in [3.8, 4) is 0 Å². The largest absolute Gasteiger partial charge is 0.390 e. The Morgan fingerprint density at radius 3 is 2.40 bits per heavy atom. The summed E-state index contributed by atoms with van der Waals surface area (Å²) in [5.41, 5.74) is -0.449. The van der Waals surface area contributed by atoms with Gasteiger partial charge in [0.05, 0.1) is 5.60 Å². The molecule has 0 bridgehead atoms. The van der Waals surface area contributed by atoms with E-state index >= 15 is 0 Å². The minimum Gasteiger partial charge on any atom is -0.390 e. The van der Waals surface area contributed by atoms with E-state index < -0.39 is 5.60 Å². The Labute approximate surface area is 95.3 Å². The first-order valence-electron chi connectivity index (χ1n) is 6.76. The van der Waals surface area contributed by atoms with Gasteiger partial charge in [-0.05, 0) is 31.1 Å². The van der Waals surface area contributed by atoms with E-state index in [1.165, 1.54) is 32.1 Å². The molecule has 0 amide bonds. The molecule has 0 aromatic heterocycles. The summed E-state index contributed by atoms with van der Waals surface area (Å²) in [7, 11) is 0. The highest BCUT2D eigenvalue weighted by Gasteiger charge is 2.40. The molecule has 1 fully saturated rings. The van der Waals surface area contributed by atoms with Crippen LogP contribution < -0.4 is 0 Å². The number of hydrogen-bond donors (Lipinski definition) is 1. The molecule has 0 spiro atoms. The van der Waals surface area contributed by atoms with Crippen molar-refractivity contribution in [3.63, 3.8) is 0 Å². The Hall–Kier alpha value is -0.0400. The lowest BCUT2D eigenvalue weighted by Gasteiger charge is -2.44.